The van der Waals surface area contributed by atoms with E-state index in [-0.39, 0.29) is 6.10 Å². The summed E-state index contributed by atoms with van der Waals surface area (Å²) in [5, 5.41) is 10.2. The van der Waals surface area contributed by atoms with Gasteiger partial charge in [0.05, 0.1) is 6.10 Å². The van der Waals surface area contributed by atoms with E-state index in [9.17, 15) is 5.11 Å². The number of hydrogen-bond acceptors (Lipinski definition) is 2. The third kappa shape index (κ3) is 4.54. The standard InChI is InChI=1S/C17H29NO/c1-5-7-10-13-18(14(3)4)16-12-9-8-11-15(16)17(19)6-2/h8-9,11-12,14,17,19H,5-7,10,13H2,1-4H3. The minimum absolute atomic E-state index is 0.358. The van der Waals surface area contributed by atoms with Crippen LogP contribution >= 0.6 is 0 Å². The normalized spacial score (nSPS) is 12.7. The molecule has 0 aliphatic carbocycles. The molecule has 108 valence electrons. The molecular formula is C17H29NO. The molecule has 1 aromatic carbocycles. The van der Waals surface area contributed by atoms with Crippen LogP contribution in [0.4, 0.5) is 5.69 Å². The minimum atomic E-state index is -0.358. The summed E-state index contributed by atoms with van der Waals surface area (Å²) in [5.74, 6) is 0. The zero-order valence-electron chi connectivity index (χ0n) is 12.9. The first-order chi connectivity index (χ1) is 9.11. The Bertz CT molecular complexity index is 362. The number of unbranched alkanes of at least 4 members (excludes halogenated alkanes) is 2. The molecule has 1 atom stereocenters. The van der Waals surface area contributed by atoms with Gasteiger partial charge in [0.2, 0.25) is 0 Å². The van der Waals surface area contributed by atoms with E-state index in [1.54, 1.807) is 0 Å². The molecule has 0 aliphatic rings. The molecule has 0 fully saturated rings. The fourth-order valence-electron chi connectivity index (χ4n) is 2.44. The SMILES string of the molecule is CCCCCN(c1ccccc1C(O)CC)C(C)C. The summed E-state index contributed by atoms with van der Waals surface area (Å²) in [4.78, 5) is 2.42. The van der Waals surface area contributed by atoms with Crippen molar-refractivity contribution in [1.29, 1.82) is 0 Å². The number of aliphatic hydroxyl groups is 1. The second kappa shape index (κ2) is 8.21. The van der Waals surface area contributed by atoms with Gasteiger partial charge in [-0.05, 0) is 32.8 Å². The fraction of sp³-hybridized carbons (Fsp3) is 0.647. The van der Waals surface area contributed by atoms with Crippen molar-refractivity contribution >= 4 is 5.69 Å². The zero-order valence-corrected chi connectivity index (χ0v) is 12.9. The number of para-hydroxylation sites is 1. The van der Waals surface area contributed by atoms with Crippen LogP contribution in [0.5, 0.6) is 0 Å². The molecule has 2 heteroatoms. The van der Waals surface area contributed by atoms with Crippen LogP contribution in [-0.4, -0.2) is 17.7 Å². The molecule has 0 saturated carbocycles. The summed E-state index contributed by atoms with van der Waals surface area (Å²) in [6.07, 6.45) is 4.12. The minimum Gasteiger partial charge on any atom is -0.388 e. The van der Waals surface area contributed by atoms with E-state index in [0.717, 1.165) is 18.5 Å². The van der Waals surface area contributed by atoms with Crippen LogP contribution in [0.3, 0.4) is 0 Å². The topological polar surface area (TPSA) is 23.5 Å². The molecule has 0 heterocycles. The predicted molar refractivity (Wildman–Crippen MR) is 83.7 cm³/mol. The van der Waals surface area contributed by atoms with E-state index in [2.05, 4.69) is 43.9 Å². The van der Waals surface area contributed by atoms with Crippen molar-refractivity contribution < 1.29 is 5.11 Å². The first kappa shape index (κ1) is 16.0. The Kier molecular flexibility index (Phi) is 6.93. The van der Waals surface area contributed by atoms with E-state index < -0.39 is 0 Å². The fourth-order valence-corrected chi connectivity index (χ4v) is 2.44. The van der Waals surface area contributed by atoms with Crippen molar-refractivity contribution in [2.75, 3.05) is 11.4 Å². The average molecular weight is 263 g/mol. The Hall–Kier alpha value is -1.02. The summed E-state index contributed by atoms with van der Waals surface area (Å²) in [5.41, 5.74) is 2.26. The lowest BCUT2D eigenvalue weighted by molar-refractivity contribution is 0.174. The van der Waals surface area contributed by atoms with Crippen molar-refractivity contribution in [3.8, 4) is 0 Å². The number of aliphatic hydroxyl groups excluding tert-OH is 1. The molecule has 1 N–H and O–H groups in total. The lowest BCUT2D eigenvalue weighted by Gasteiger charge is -2.32. The average Bonchev–Trinajstić information content (AvgIpc) is 2.42. The lowest BCUT2D eigenvalue weighted by Crippen LogP contribution is -2.32. The van der Waals surface area contributed by atoms with E-state index in [1.807, 2.05) is 13.0 Å². The molecule has 0 aromatic heterocycles. The quantitative estimate of drug-likeness (QED) is 0.696. The summed E-state index contributed by atoms with van der Waals surface area (Å²) >= 11 is 0. The highest BCUT2D eigenvalue weighted by Crippen LogP contribution is 2.29. The molecule has 0 spiro atoms. The van der Waals surface area contributed by atoms with Crippen LogP contribution in [0.25, 0.3) is 0 Å². The molecule has 0 radical (unpaired) electrons. The molecule has 0 aliphatic heterocycles. The Morgan fingerprint density at radius 2 is 1.79 bits per heavy atom. The molecule has 0 amide bonds. The number of hydrogen-bond donors (Lipinski definition) is 1. The zero-order chi connectivity index (χ0) is 14.3. The van der Waals surface area contributed by atoms with Gasteiger partial charge in [0.15, 0.2) is 0 Å². The molecular weight excluding hydrogens is 234 g/mol. The van der Waals surface area contributed by atoms with E-state index in [1.165, 1.54) is 24.9 Å². The highest BCUT2D eigenvalue weighted by molar-refractivity contribution is 5.55. The molecule has 1 unspecified atom stereocenters. The Labute approximate surface area is 118 Å². The number of nitrogens with zero attached hydrogens (tertiary/aromatic N) is 1. The molecule has 1 rings (SSSR count). The Morgan fingerprint density at radius 3 is 2.37 bits per heavy atom. The van der Waals surface area contributed by atoms with Gasteiger partial charge in [0.25, 0.3) is 0 Å². The van der Waals surface area contributed by atoms with E-state index >= 15 is 0 Å². The van der Waals surface area contributed by atoms with E-state index in [0.29, 0.717) is 6.04 Å². The first-order valence-corrected chi connectivity index (χ1v) is 7.65. The molecule has 0 bridgehead atoms. The Balaban J connectivity index is 2.95. The number of rotatable bonds is 8. The highest BCUT2D eigenvalue weighted by Gasteiger charge is 2.17. The summed E-state index contributed by atoms with van der Waals surface area (Å²) < 4.78 is 0. The van der Waals surface area contributed by atoms with Crippen molar-refractivity contribution in [2.45, 2.75) is 65.5 Å². The van der Waals surface area contributed by atoms with Crippen LogP contribution in [0.1, 0.15) is 65.0 Å². The van der Waals surface area contributed by atoms with Gasteiger partial charge in [0, 0.05) is 23.8 Å². The predicted octanol–water partition coefficient (Wildman–Crippen LogP) is 4.54. The molecule has 2 nitrogen and oxygen atoms in total. The summed E-state index contributed by atoms with van der Waals surface area (Å²) in [6.45, 7) is 9.77. The lowest BCUT2D eigenvalue weighted by atomic mass is 10.0. The maximum absolute atomic E-state index is 10.2. The van der Waals surface area contributed by atoms with Crippen LogP contribution < -0.4 is 4.90 Å². The maximum Gasteiger partial charge on any atom is 0.0807 e. The van der Waals surface area contributed by atoms with Gasteiger partial charge in [-0.15, -0.1) is 0 Å². The van der Waals surface area contributed by atoms with Crippen LogP contribution in [0.2, 0.25) is 0 Å². The van der Waals surface area contributed by atoms with Gasteiger partial charge in [-0.2, -0.15) is 0 Å². The van der Waals surface area contributed by atoms with E-state index in [4.69, 9.17) is 0 Å². The molecule has 1 aromatic rings. The second-order valence-corrected chi connectivity index (χ2v) is 5.48. The number of anilines is 1. The van der Waals surface area contributed by atoms with Crippen LogP contribution in [0, 0.1) is 0 Å². The van der Waals surface area contributed by atoms with Crippen molar-refractivity contribution in [3.63, 3.8) is 0 Å². The highest BCUT2D eigenvalue weighted by atomic mass is 16.3. The number of benzene rings is 1. The smallest absolute Gasteiger partial charge is 0.0807 e. The largest absolute Gasteiger partial charge is 0.388 e. The van der Waals surface area contributed by atoms with Gasteiger partial charge in [-0.3, -0.25) is 0 Å². The monoisotopic (exact) mass is 263 g/mol. The van der Waals surface area contributed by atoms with Gasteiger partial charge >= 0.3 is 0 Å². The van der Waals surface area contributed by atoms with Crippen molar-refractivity contribution in [3.05, 3.63) is 29.8 Å². The summed E-state index contributed by atoms with van der Waals surface area (Å²) in [7, 11) is 0. The summed E-state index contributed by atoms with van der Waals surface area (Å²) in [6, 6.07) is 8.74. The van der Waals surface area contributed by atoms with Gasteiger partial charge in [0.1, 0.15) is 0 Å². The maximum atomic E-state index is 10.2. The van der Waals surface area contributed by atoms with Gasteiger partial charge in [-0.25, -0.2) is 0 Å². The Morgan fingerprint density at radius 1 is 1.11 bits per heavy atom. The van der Waals surface area contributed by atoms with Crippen LogP contribution in [-0.2, 0) is 0 Å². The van der Waals surface area contributed by atoms with Gasteiger partial charge in [-0.1, -0.05) is 44.9 Å². The van der Waals surface area contributed by atoms with Crippen molar-refractivity contribution in [1.82, 2.24) is 0 Å². The van der Waals surface area contributed by atoms with Gasteiger partial charge < -0.3 is 10.0 Å². The third-order valence-electron chi connectivity index (χ3n) is 3.62. The second-order valence-electron chi connectivity index (χ2n) is 5.48. The molecule has 0 saturated heterocycles. The third-order valence-corrected chi connectivity index (χ3v) is 3.62. The van der Waals surface area contributed by atoms with Crippen molar-refractivity contribution in [2.24, 2.45) is 0 Å². The first-order valence-electron chi connectivity index (χ1n) is 7.65. The molecule has 19 heavy (non-hydrogen) atoms. The van der Waals surface area contributed by atoms with Crippen LogP contribution in [0.15, 0.2) is 24.3 Å².